The van der Waals surface area contributed by atoms with Crippen LogP contribution in [0.5, 0.6) is 0 Å². The van der Waals surface area contributed by atoms with Gasteiger partial charge in [-0.2, -0.15) is 0 Å². The molecule has 1 aromatic rings. The SMILES string of the molecule is CC1CCOC1CNC1CCCC(c2ccc(S(C)(=O)=O)cc2)N1C. The van der Waals surface area contributed by atoms with E-state index in [-0.39, 0.29) is 0 Å². The van der Waals surface area contributed by atoms with Crippen LogP contribution in [-0.2, 0) is 14.6 Å². The molecule has 5 nitrogen and oxygen atoms in total. The van der Waals surface area contributed by atoms with Crippen LogP contribution < -0.4 is 5.32 Å². The zero-order chi connectivity index (χ0) is 18.0. The minimum atomic E-state index is -3.14. The second-order valence-electron chi connectivity index (χ2n) is 7.55. The van der Waals surface area contributed by atoms with Crippen molar-refractivity contribution in [3.8, 4) is 0 Å². The molecule has 0 saturated carbocycles. The number of hydrogen-bond donors (Lipinski definition) is 1. The highest BCUT2D eigenvalue weighted by Gasteiger charge is 2.30. The number of ether oxygens (including phenoxy) is 1. The number of sulfone groups is 1. The maximum absolute atomic E-state index is 11.6. The van der Waals surface area contributed by atoms with Gasteiger partial charge in [0.05, 0.1) is 17.2 Å². The fraction of sp³-hybridized carbons (Fsp3) is 0.684. The minimum absolute atomic E-state index is 0.321. The first kappa shape index (κ1) is 18.8. The van der Waals surface area contributed by atoms with Crippen LogP contribution in [0.2, 0.25) is 0 Å². The number of nitrogens with zero attached hydrogens (tertiary/aromatic N) is 1. The van der Waals surface area contributed by atoms with Crippen LogP contribution in [0.3, 0.4) is 0 Å². The lowest BCUT2D eigenvalue weighted by Gasteiger charge is -2.41. The van der Waals surface area contributed by atoms with E-state index >= 15 is 0 Å². The van der Waals surface area contributed by atoms with E-state index in [1.165, 1.54) is 18.2 Å². The molecule has 0 amide bonds. The lowest BCUT2D eigenvalue weighted by atomic mass is 9.94. The van der Waals surface area contributed by atoms with E-state index in [2.05, 4.69) is 24.2 Å². The number of nitrogens with one attached hydrogen (secondary N) is 1. The molecule has 4 unspecified atom stereocenters. The van der Waals surface area contributed by atoms with Gasteiger partial charge >= 0.3 is 0 Å². The number of hydrogen-bond acceptors (Lipinski definition) is 5. The van der Waals surface area contributed by atoms with Gasteiger partial charge in [0.2, 0.25) is 0 Å². The second kappa shape index (κ2) is 7.74. The molecule has 140 valence electrons. The molecular weight excluding hydrogens is 336 g/mol. The van der Waals surface area contributed by atoms with Crippen molar-refractivity contribution in [1.29, 1.82) is 0 Å². The largest absolute Gasteiger partial charge is 0.377 e. The van der Waals surface area contributed by atoms with Crippen molar-refractivity contribution in [3.05, 3.63) is 29.8 Å². The van der Waals surface area contributed by atoms with Crippen molar-refractivity contribution < 1.29 is 13.2 Å². The van der Waals surface area contributed by atoms with Crippen molar-refractivity contribution in [2.45, 2.75) is 55.8 Å². The van der Waals surface area contributed by atoms with Gasteiger partial charge < -0.3 is 4.74 Å². The predicted molar refractivity (Wildman–Crippen MR) is 99.2 cm³/mol. The summed E-state index contributed by atoms with van der Waals surface area (Å²) in [7, 11) is -0.980. The average Bonchev–Trinajstić information content (AvgIpc) is 2.98. The maximum Gasteiger partial charge on any atom is 0.175 e. The zero-order valence-electron chi connectivity index (χ0n) is 15.4. The van der Waals surface area contributed by atoms with E-state index < -0.39 is 9.84 Å². The Kier molecular flexibility index (Phi) is 5.83. The van der Waals surface area contributed by atoms with Gasteiger partial charge in [0, 0.05) is 25.4 Å². The molecule has 2 aliphatic rings. The summed E-state index contributed by atoms with van der Waals surface area (Å²) in [6, 6.07) is 7.69. The molecule has 4 atom stereocenters. The molecule has 3 rings (SSSR count). The van der Waals surface area contributed by atoms with Crippen LogP contribution in [-0.4, -0.2) is 52.0 Å². The van der Waals surface area contributed by atoms with Crippen LogP contribution in [0.4, 0.5) is 0 Å². The Morgan fingerprint density at radius 1 is 1.20 bits per heavy atom. The molecular formula is C19H30N2O3S. The molecule has 25 heavy (non-hydrogen) atoms. The Hall–Kier alpha value is -0.950. The van der Waals surface area contributed by atoms with Gasteiger partial charge in [0.15, 0.2) is 9.84 Å². The second-order valence-corrected chi connectivity index (χ2v) is 9.57. The highest BCUT2D eigenvalue weighted by molar-refractivity contribution is 7.90. The van der Waals surface area contributed by atoms with E-state index in [0.717, 1.165) is 32.4 Å². The van der Waals surface area contributed by atoms with Crippen molar-refractivity contribution in [2.24, 2.45) is 5.92 Å². The summed E-state index contributed by atoms with van der Waals surface area (Å²) in [5.41, 5.74) is 1.19. The molecule has 0 bridgehead atoms. The van der Waals surface area contributed by atoms with Crippen LogP contribution in [0.25, 0.3) is 0 Å². The third kappa shape index (κ3) is 4.42. The van der Waals surface area contributed by atoms with E-state index in [4.69, 9.17) is 4.74 Å². The van der Waals surface area contributed by atoms with Gasteiger partial charge in [-0.05, 0) is 56.3 Å². The van der Waals surface area contributed by atoms with E-state index in [9.17, 15) is 8.42 Å². The topological polar surface area (TPSA) is 58.6 Å². The van der Waals surface area contributed by atoms with E-state index in [1.807, 2.05) is 12.1 Å². The first-order valence-corrected chi connectivity index (χ1v) is 11.1. The monoisotopic (exact) mass is 366 g/mol. The summed E-state index contributed by atoms with van der Waals surface area (Å²) < 4.78 is 29.1. The third-order valence-electron chi connectivity index (χ3n) is 5.73. The van der Waals surface area contributed by atoms with Crippen molar-refractivity contribution >= 4 is 9.84 Å². The summed E-state index contributed by atoms with van der Waals surface area (Å²) in [6.45, 7) is 4.04. The fourth-order valence-electron chi connectivity index (χ4n) is 3.98. The highest BCUT2D eigenvalue weighted by Crippen LogP contribution is 2.33. The first-order valence-electron chi connectivity index (χ1n) is 9.23. The van der Waals surface area contributed by atoms with Gasteiger partial charge in [-0.1, -0.05) is 19.1 Å². The van der Waals surface area contributed by atoms with Crippen molar-refractivity contribution in [3.63, 3.8) is 0 Å². The van der Waals surface area contributed by atoms with E-state index in [1.54, 1.807) is 12.1 Å². The van der Waals surface area contributed by atoms with Crippen LogP contribution in [0.1, 0.15) is 44.2 Å². The summed E-state index contributed by atoms with van der Waals surface area (Å²) >= 11 is 0. The van der Waals surface area contributed by atoms with E-state index in [0.29, 0.717) is 29.1 Å². The summed E-state index contributed by atoms with van der Waals surface area (Å²) in [6.07, 6.45) is 6.47. The molecule has 2 saturated heterocycles. The number of benzene rings is 1. The standard InChI is InChI=1S/C19H30N2O3S/c1-14-11-12-24-18(14)13-20-19-6-4-5-17(21(19)2)15-7-9-16(10-8-15)25(3,22)23/h7-10,14,17-20H,4-6,11-13H2,1-3H3. The Morgan fingerprint density at radius 3 is 2.52 bits per heavy atom. The molecule has 2 aliphatic heterocycles. The molecule has 0 aliphatic carbocycles. The lowest BCUT2D eigenvalue weighted by Crippen LogP contribution is -2.50. The lowest BCUT2D eigenvalue weighted by molar-refractivity contribution is 0.0550. The summed E-state index contributed by atoms with van der Waals surface area (Å²) in [5.74, 6) is 0.626. The van der Waals surface area contributed by atoms with Gasteiger partial charge in [-0.15, -0.1) is 0 Å². The van der Waals surface area contributed by atoms with Gasteiger partial charge in [0.25, 0.3) is 0 Å². The van der Waals surface area contributed by atoms with Gasteiger partial charge in [-0.3, -0.25) is 10.2 Å². The van der Waals surface area contributed by atoms with Crippen LogP contribution in [0.15, 0.2) is 29.2 Å². The Bertz CT molecular complexity index is 674. The molecule has 1 N–H and O–H groups in total. The number of piperidine rings is 1. The van der Waals surface area contributed by atoms with Gasteiger partial charge in [0.1, 0.15) is 0 Å². The Labute approximate surface area is 151 Å². The zero-order valence-corrected chi connectivity index (χ0v) is 16.3. The molecule has 1 aromatic carbocycles. The predicted octanol–water partition coefficient (Wildman–Crippen LogP) is 2.59. The normalized spacial score (nSPS) is 31.3. The first-order chi connectivity index (χ1) is 11.9. The van der Waals surface area contributed by atoms with Crippen molar-refractivity contribution in [1.82, 2.24) is 10.2 Å². The number of likely N-dealkylation sites (tertiary alicyclic amines) is 1. The average molecular weight is 367 g/mol. The molecule has 2 heterocycles. The maximum atomic E-state index is 11.6. The smallest absolute Gasteiger partial charge is 0.175 e. The van der Waals surface area contributed by atoms with Gasteiger partial charge in [-0.25, -0.2) is 8.42 Å². The Morgan fingerprint density at radius 2 is 1.92 bits per heavy atom. The highest BCUT2D eigenvalue weighted by atomic mass is 32.2. The summed E-state index contributed by atoms with van der Waals surface area (Å²) in [5, 5.41) is 3.68. The quantitative estimate of drug-likeness (QED) is 0.868. The molecule has 0 aromatic heterocycles. The Balaban J connectivity index is 1.64. The molecule has 6 heteroatoms. The summed E-state index contributed by atoms with van der Waals surface area (Å²) in [4.78, 5) is 2.77. The fourth-order valence-corrected chi connectivity index (χ4v) is 4.61. The molecule has 0 radical (unpaired) electrons. The minimum Gasteiger partial charge on any atom is -0.377 e. The molecule has 2 fully saturated rings. The van der Waals surface area contributed by atoms with Crippen molar-refractivity contribution in [2.75, 3.05) is 26.5 Å². The van der Waals surface area contributed by atoms with Crippen LogP contribution >= 0.6 is 0 Å². The number of rotatable bonds is 5. The molecule has 0 spiro atoms. The third-order valence-corrected chi connectivity index (χ3v) is 6.85. The van der Waals surface area contributed by atoms with Crippen LogP contribution in [0, 0.1) is 5.92 Å².